The highest BCUT2D eigenvalue weighted by atomic mass is 32.1. The first-order valence-electron chi connectivity index (χ1n) is 3.56. The van der Waals surface area contributed by atoms with Crippen LogP contribution in [0.25, 0.3) is 11.3 Å². The number of nitrogens with two attached hydrogens (primary N) is 1. The lowest BCUT2D eigenvalue weighted by molar-refractivity contribution is 0.0965. The van der Waals surface area contributed by atoms with E-state index in [9.17, 15) is 4.79 Å². The molecule has 2 heterocycles. The number of hydrogen-bond donors (Lipinski definition) is 1. The Hall–Kier alpha value is -1.62. The number of aromatic nitrogens is 1. The molecule has 0 unspecified atom stereocenters. The first-order chi connectivity index (χ1) is 6.27. The summed E-state index contributed by atoms with van der Waals surface area (Å²) in [6.07, 6.45) is 0. The van der Waals surface area contributed by atoms with Gasteiger partial charge in [0.05, 0.1) is 0 Å². The summed E-state index contributed by atoms with van der Waals surface area (Å²) in [5.74, 6) is -0.518. The third kappa shape index (κ3) is 1.46. The molecule has 0 aliphatic rings. The maximum absolute atomic E-state index is 10.7. The molecule has 0 atom stereocenters. The molecule has 0 aliphatic carbocycles. The van der Waals surface area contributed by atoms with Gasteiger partial charge in [-0.3, -0.25) is 4.79 Å². The van der Waals surface area contributed by atoms with E-state index in [2.05, 4.69) is 5.16 Å². The number of carbonyl (C=O) groups is 1. The van der Waals surface area contributed by atoms with Crippen molar-refractivity contribution in [2.75, 3.05) is 0 Å². The molecule has 66 valence electrons. The van der Waals surface area contributed by atoms with E-state index in [0.29, 0.717) is 5.69 Å². The van der Waals surface area contributed by atoms with Crippen molar-refractivity contribution in [2.45, 2.75) is 0 Å². The Morgan fingerprint density at radius 3 is 3.00 bits per heavy atom. The van der Waals surface area contributed by atoms with E-state index < -0.39 is 5.91 Å². The molecular weight excluding hydrogens is 188 g/mol. The predicted octanol–water partition coefficient (Wildman–Crippen LogP) is 1.50. The summed E-state index contributed by atoms with van der Waals surface area (Å²) in [5.41, 5.74) is 6.58. The molecule has 2 aromatic heterocycles. The lowest BCUT2D eigenvalue weighted by atomic mass is 10.2. The van der Waals surface area contributed by atoms with E-state index in [0.717, 1.165) is 5.56 Å². The van der Waals surface area contributed by atoms with Crippen molar-refractivity contribution in [3.8, 4) is 11.3 Å². The summed E-state index contributed by atoms with van der Waals surface area (Å²) in [7, 11) is 0. The average Bonchev–Trinajstić information content (AvgIpc) is 2.75. The van der Waals surface area contributed by atoms with Crippen LogP contribution in [-0.2, 0) is 0 Å². The molecule has 0 aliphatic heterocycles. The largest absolute Gasteiger partial charge is 0.363 e. The molecule has 5 heteroatoms. The fourth-order valence-electron chi connectivity index (χ4n) is 0.938. The van der Waals surface area contributed by atoms with Crippen LogP contribution in [0.15, 0.2) is 27.4 Å². The van der Waals surface area contributed by atoms with Gasteiger partial charge in [0.2, 0.25) is 5.76 Å². The molecule has 0 bridgehead atoms. The zero-order valence-electron chi connectivity index (χ0n) is 6.56. The second-order valence-corrected chi connectivity index (χ2v) is 3.23. The Labute approximate surface area is 78.0 Å². The van der Waals surface area contributed by atoms with Crippen molar-refractivity contribution in [1.29, 1.82) is 0 Å². The van der Waals surface area contributed by atoms with Gasteiger partial charge in [-0.2, -0.15) is 11.3 Å². The fraction of sp³-hybridized carbons (Fsp3) is 0. The number of amides is 1. The Balaban J connectivity index is 2.39. The van der Waals surface area contributed by atoms with Crippen LogP contribution >= 0.6 is 11.3 Å². The molecule has 4 nitrogen and oxygen atoms in total. The zero-order valence-corrected chi connectivity index (χ0v) is 7.38. The van der Waals surface area contributed by atoms with Crippen LogP contribution < -0.4 is 5.73 Å². The summed E-state index contributed by atoms with van der Waals surface area (Å²) in [6, 6.07) is 3.43. The molecule has 2 N–H and O–H groups in total. The molecule has 0 radical (unpaired) electrons. The van der Waals surface area contributed by atoms with E-state index in [1.54, 1.807) is 11.3 Å². The van der Waals surface area contributed by atoms with Crippen molar-refractivity contribution in [2.24, 2.45) is 5.73 Å². The van der Waals surface area contributed by atoms with Gasteiger partial charge in [-0.15, -0.1) is 0 Å². The van der Waals surface area contributed by atoms with Gasteiger partial charge in [0.1, 0.15) is 5.69 Å². The molecule has 2 aromatic rings. The van der Waals surface area contributed by atoms with Crippen molar-refractivity contribution in [1.82, 2.24) is 5.16 Å². The average molecular weight is 194 g/mol. The molecule has 0 saturated heterocycles. The maximum atomic E-state index is 10.7. The summed E-state index contributed by atoms with van der Waals surface area (Å²) < 4.78 is 4.73. The molecule has 2 rings (SSSR count). The fourth-order valence-corrected chi connectivity index (χ4v) is 1.59. The first-order valence-corrected chi connectivity index (χ1v) is 4.51. The molecule has 0 spiro atoms. The number of nitrogens with zero attached hydrogens (tertiary/aromatic N) is 1. The molecular formula is C8H6N2O2S. The zero-order chi connectivity index (χ0) is 9.26. The minimum atomic E-state index is -0.603. The Morgan fingerprint density at radius 2 is 2.46 bits per heavy atom. The van der Waals surface area contributed by atoms with Crippen molar-refractivity contribution < 1.29 is 9.32 Å². The summed E-state index contributed by atoms with van der Waals surface area (Å²) in [6.45, 7) is 0. The normalized spacial score (nSPS) is 10.2. The molecule has 0 saturated carbocycles. The van der Waals surface area contributed by atoms with Gasteiger partial charge in [0.15, 0.2) is 0 Å². The van der Waals surface area contributed by atoms with Crippen LogP contribution in [0.2, 0.25) is 0 Å². The number of primary amides is 1. The van der Waals surface area contributed by atoms with Crippen LogP contribution in [0.3, 0.4) is 0 Å². The van der Waals surface area contributed by atoms with Gasteiger partial charge >= 0.3 is 0 Å². The highest BCUT2D eigenvalue weighted by molar-refractivity contribution is 7.08. The Kier molecular flexibility index (Phi) is 1.86. The lowest BCUT2D eigenvalue weighted by Gasteiger charge is -1.82. The van der Waals surface area contributed by atoms with Crippen molar-refractivity contribution in [3.63, 3.8) is 0 Å². The summed E-state index contributed by atoms with van der Waals surface area (Å²) in [4.78, 5) is 10.7. The van der Waals surface area contributed by atoms with Crippen LogP contribution in [-0.4, -0.2) is 11.1 Å². The topological polar surface area (TPSA) is 69.1 Å². The Bertz CT molecular complexity index is 419. The van der Waals surface area contributed by atoms with E-state index >= 15 is 0 Å². The number of carbonyl (C=O) groups excluding carboxylic acids is 1. The third-order valence-corrected chi connectivity index (χ3v) is 2.25. The second kappa shape index (κ2) is 3.02. The molecule has 1 amide bonds. The van der Waals surface area contributed by atoms with E-state index in [1.165, 1.54) is 6.07 Å². The number of hydrogen-bond acceptors (Lipinski definition) is 4. The number of rotatable bonds is 2. The highest BCUT2D eigenvalue weighted by Crippen LogP contribution is 2.21. The Morgan fingerprint density at radius 1 is 1.62 bits per heavy atom. The first kappa shape index (κ1) is 8.00. The highest BCUT2D eigenvalue weighted by Gasteiger charge is 2.10. The van der Waals surface area contributed by atoms with E-state index in [1.807, 2.05) is 16.8 Å². The molecule has 0 aromatic carbocycles. The van der Waals surface area contributed by atoms with Crippen molar-refractivity contribution in [3.05, 3.63) is 28.7 Å². The smallest absolute Gasteiger partial charge is 0.287 e. The lowest BCUT2D eigenvalue weighted by Crippen LogP contribution is -2.09. The van der Waals surface area contributed by atoms with Crippen LogP contribution in [0.5, 0.6) is 0 Å². The maximum Gasteiger partial charge on any atom is 0.287 e. The van der Waals surface area contributed by atoms with E-state index in [-0.39, 0.29) is 5.76 Å². The summed E-state index contributed by atoms with van der Waals surface area (Å²) in [5, 5.41) is 7.55. The molecule has 0 fully saturated rings. The van der Waals surface area contributed by atoms with Gasteiger partial charge < -0.3 is 10.3 Å². The second-order valence-electron chi connectivity index (χ2n) is 2.45. The summed E-state index contributed by atoms with van der Waals surface area (Å²) >= 11 is 1.55. The van der Waals surface area contributed by atoms with Gasteiger partial charge in [-0.05, 0) is 11.4 Å². The van der Waals surface area contributed by atoms with Crippen molar-refractivity contribution >= 4 is 17.2 Å². The molecule has 13 heavy (non-hydrogen) atoms. The number of thiophene rings is 1. The predicted molar refractivity (Wildman–Crippen MR) is 48.3 cm³/mol. The quantitative estimate of drug-likeness (QED) is 0.787. The van der Waals surface area contributed by atoms with Gasteiger partial charge in [-0.25, -0.2) is 0 Å². The van der Waals surface area contributed by atoms with Crippen LogP contribution in [0.1, 0.15) is 10.6 Å². The standard InChI is InChI=1S/C8H6N2O2S/c9-8(11)7-3-6(10-12-7)5-1-2-13-4-5/h1-4H,(H2,9,11). The SMILES string of the molecule is NC(=O)c1cc(-c2ccsc2)no1. The van der Waals surface area contributed by atoms with E-state index in [4.69, 9.17) is 10.3 Å². The van der Waals surface area contributed by atoms with Crippen LogP contribution in [0, 0.1) is 0 Å². The third-order valence-electron chi connectivity index (χ3n) is 1.57. The minimum absolute atomic E-state index is 0.0844. The van der Waals surface area contributed by atoms with Crippen LogP contribution in [0.4, 0.5) is 0 Å². The minimum Gasteiger partial charge on any atom is -0.363 e. The van der Waals surface area contributed by atoms with Gasteiger partial charge in [0, 0.05) is 17.0 Å². The monoisotopic (exact) mass is 194 g/mol. The van der Waals surface area contributed by atoms with Gasteiger partial charge in [0.25, 0.3) is 5.91 Å². The van der Waals surface area contributed by atoms with Gasteiger partial charge in [-0.1, -0.05) is 5.16 Å².